The maximum absolute atomic E-state index is 11.1. The molecule has 0 spiro atoms. The Balaban J connectivity index is 2.60. The third kappa shape index (κ3) is 2.12. The number of hydrogen-bond acceptors (Lipinski definition) is 3. The second-order valence-electron chi connectivity index (χ2n) is 3.46. The number of benzene rings is 1. The molecule has 0 saturated carbocycles. The highest BCUT2D eigenvalue weighted by Gasteiger charge is 2.09. The lowest BCUT2D eigenvalue weighted by Gasteiger charge is -2.03. The summed E-state index contributed by atoms with van der Waals surface area (Å²) in [6.45, 7) is 1.82. The summed E-state index contributed by atoms with van der Waals surface area (Å²) in [7, 11) is -3.27. The number of furan rings is 1. The topological polar surface area (TPSA) is 59.3 Å². The lowest BCUT2D eigenvalue weighted by Crippen LogP contribution is -2.09. The Morgan fingerprint density at radius 3 is 2.73 bits per heavy atom. The van der Waals surface area contributed by atoms with E-state index in [9.17, 15) is 8.42 Å². The zero-order valence-corrected chi connectivity index (χ0v) is 9.26. The molecule has 80 valence electrons. The summed E-state index contributed by atoms with van der Waals surface area (Å²) in [6, 6.07) is 7.19. The quantitative estimate of drug-likeness (QED) is 0.851. The molecule has 2 aromatic rings. The second-order valence-corrected chi connectivity index (χ2v) is 5.20. The summed E-state index contributed by atoms with van der Waals surface area (Å²) in [5.41, 5.74) is 1.04. The molecule has 0 unspecified atom stereocenters. The number of aryl methyl sites for hydroxylation is 1. The number of fused-ring (bicyclic) bond motifs is 1. The molecular formula is C10H11NO3S. The van der Waals surface area contributed by atoms with Gasteiger partial charge in [-0.15, -0.1) is 0 Å². The number of nitrogens with one attached hydrogen (secondary N) is 1. The van der Waals surface area contributed by atoms with E-state index in [4.69, 9.17) is 4.42 Å². The van der Waals surface area contributed by atoms with Gasteiger partial charge in [-0.3, -0.25) is 4.72 Å². The molecule has 0 saturated heterocycles. The van der Waals surface area contributed by atoms with Crippen LogP contribution in [0, 0.1) is 6.92 Å². The Hall–Kier alpha value is -1.49. The molecule has 0 radical (unpaired) electrons. The monoisotopic (exact) mass is 225 g/mol. The summed E-state index contributed by atoms with van der Waals surface area (Å²) in [5.74, 6) is 0.757. The highest BCUT2D eigenvalue weighted by molar-refractivity contribution is 7.92. The smallest absolute Gasteiger partial charge is 0.229 e. The molecule has 4 nitrogen and oxygen atoms in total. The molecule has 1 heterocycles. The molecule has 1 aromatic heterocycles. The fourth-order valence-corrected chi connectivity index (χ4v) is 2.03. The molecular weight excluding hydrogens is 214 g/mol. The van der Waals surface area contributed by atoms with Crippen LogP contribution in [-0.4, -0.2) is 14.7 Å². The van der Waals surface area contributed by atoms with Crippen LogP contribution in [0.5, 0.6) is 0 Å². The van der Waals surface area contributed by atoms with E-state index in [1.165, 1.54) is 0 Å². The van der Waals surface area contributed by atoms with Gasteiger partial charge in [-0.2, -0.15) is 0 Å². The van der Waals surface area contributed by atoms with Crippen molar-refractivity contribution in [2.45, 2.75) is 6.92 Å². The van der Waals surface area contributed by atoms with Gasteiger partial charge in [0.05, 0.1) is 11.9 Å². The van der Waals surface area contributed by atoms with Crippen molar-refractivity contribution >= 4 is 26.7 Å². The van der Waals surface area contributed by atoms with E-state index in [0.717, 1.165) is 17.4 Å². The third-order valence-electron chi connectivity index (χ3n) is 1.96. The lowest BCUT2D eigenvalue weighted by atomic mass is 10.2. The van der Waals surface area contributed by atoms with Crippen LogP contribution in [0.1, 0.15) is 5.76 Å². The van der Waals surface area contributed by atoms with E-state index in [0.29, 0.717) is 11.3 Å². The SMILES string of the molecule is Cc1cc2cccc(NS(C)(=O)=O)c2o1. The van der Waals surface area contributed by atoms with Crippen molar-refractivity contribution in [1.82, 2.24) is 0 Å². The Kier molecular flexibility index (Phi) is 2.19. The highest BCUT2D eigenvalue weighted by Crippen LogP contribution is 2.26. The van der Waals surface area contributed by atoms with Crippen molar-refractivity contribution in [3.8, 4) is 0 Å². The summed E-state index contributed by atoms with van der Waals surface area (Å²) in [5, 5.41) is 0.890. The Labute approximate surface area is 87.9 Å². The molecule has 1 aromatic carbocycles. The minimum atomic E-state index is -3.27. The largest absolute Gasteiger partial charge is 0.459 e. The van der Waals surface area contributed by atoms with E-state index in [1.54, 1.807) is 12.1 Å². The first-order chi connectivity index (χ1) is 6.96. The zero-order valence-electron chi connectivity index (χ0n) is 8.44. The fraction of sp³-hybridized carbons (Fsp3) is 0.200. The predicted octanol–water partition coefficient (Wildman–Crippen LogP) is 2.11. The highest BCUT2D eigenvalue weighted by atomic mass is 32.2. The Morgan fingerprint density at radius 2 is 2.07 bits per heavy atom. The molecule has 15 heavy (non-hydrogen) atoms. The van der Waals surface area contributed by atoms with Crippen molar-refractivity contribution in [3.63, 3.8) is 0 Å². The van der Waals surface area contributed by atoms with Crippen LogP contribution >= 0.6 is 0 Å². The molecule has 0 fully saturated rings. The van der Waals surface area contributed by atoms with Crippen molar-refractivity contribution < 1.29 is 12.8 Å². The van der Waals surface area contributed by atoms with Crippen molar-refractivity contribution in [3.05, 3.63) is 30.0 Å². The molecule has 0 bridgehead atoms. The molecule has 0 aliphatic rings. The van der Waals surface area contributed by atoms with Gasteiger partial charge in [0.15, 0.2) is 5.58 Å². The molecule has 0 aliphatic carbocycles. The number of hydrogen-bond donors (Lipinski definition) is 1. The van der Waals surface area contributed by atoms with E-state index in [2.05, 4.69) is 4.72 Å². The summed E-state index contributed by atoms with van der Waals surface area (Å²) in [4.78, 5) is 0. The minimum absolute atomic E-state index is 0.475. The lowest BCUT2D eigenvalue weighted by molar-refractivity contribution is 0.579. The Morgan fingerprint density at radius 1 is 1.33 bits per heavy atom. The maximum Gasteiger partial charge on any atom is 0.229 e. The van der Waals surface area contributed by atoms with Gasteiger partial charge in [0, 0.05) is 5.39 Å². The van der Waals surface area contributed by atoms with Crippen LogP contribution in [0.2, 0.25) is 0 Å². The van der Waals surface area contributed by atoms with Gasteiger partial charge in [-0.05, 0) is 19.1 Å². The van der Waals surface area contributed by atoms with E-state index in [-0.39, 0.29) is 0 Å². The van der Waals surface area contributed by atoms with Crippen LogP contribution in [0.15, 0.2) is 28.7 Å². The molecule has 5 heteroatoms. The first kappa shape index (κ1) is 10.0. The van der Waals surface area contributed by atoms with Crippen LogP contribution in [-0.2, 0) is 10.0 Å². The average molecular weight is 225 g/mol. The first-order valence-electron chi connectivity index (χ1n) is 4.43. The van der Waals surface area contributed by atoms with Gasteiger partial charge in [0.25, 0.3) is 0 Å². The van der Waals surface area contributed by atoms with Crippen molar-refractivity contribution in [2.24, 2.45) is 0 Å². The summed E-state index contributed by atoms with van der Waals surface area (Å²) in [6.07, 6.45) is 1.11. The van der Waals surface area contributed by atoms with Gasteiger partial charge < -0.3 is 4.42 Å². The number of anilines is 1. The average Bonchev–Trinajstić information content (AvgIpc) is 2.43. The fourth-order valence-electron chi connectivity index (χ4n) is 1.47. The van der Waals surface area contributed by atoms with Gasteiger partial charge in [-0.1, -0.05) is 12.1 Å². The van der Waals surface area contributed by atoms with Crippen molar-refractivity contribution in [1.29, 1.82) is 0 Å². The van der Waals surface area contributed by atoms with Crippen molar-refractivity contribution in [2.75, 3.05) is 11.0 Å². The van der Waals surface area contributed by atoms with Crippen LogP contribution in [0.4, 0.5) is 5.69 Å². The van der Waals surface area contributed by atoms with E-state index < -0.39 is 10.0 Å². The minimum Gasteiger partial charge on any atom is -0.459 e. The number of para-hydroxylation sites is 1. The third-order valence-corrected chi connectivity index (χ3v) is 2.55. The van der Waals surface area contributed by atoms with Gasteiger partial charge in [0.1, 0.15) is 5.76 Å². The second kappa shape index (κ2) is 3.27. The standard InChI is InChI=1S/C10H11NO3S/c1-7-6-8-4-3-5-9(10(8)14-7)11-15(2,12)13/h3-6,11H,1-2H3. The molecule has 0 atom stereocenters. The number of sulfonamides is 1. The van der Waals surface area contributed by atoms with Gasteiger partial charge in [-0.25, -0.2) is 8.42 Å². The predicted molar refractivity (Wildman–Crippen MR) is 59.4 cm³/mol. The zero-order chi connectivity index (χ0) is 11.1. The summed E-state index contributed by atoms with van der Waals surface area (Å²) < 4.78 is 30.0. The summed E-state index contributed by atoms with van der Waals surface area (Å²) >= 11 is 0. The Bertz CT molecular complexity index is 598. The molecule has 0 aliphatic heterocycles. The maximum atomic E-state index is 11.1. The van der Waals surface area contributed by atoms with Crippen LogP contribution in [0.25, 0.3) is 11.0 Å². The van der Waals surface area contributed by atoms with Crippen LogP contribution < -0.4 is 4.72 Å². The first-order valence-corrected chi connectivity index (χ1v) is 6.32. The molecule has 2 rings (SSSR count). The normalized spacial score (nSPS) is 11.9. The van der Waals surface area contributed by atoms with Gasteiger partial charge >= 0.3 is 0 Å². The van der Waals surface area contributed by atoms with Crippen LogP contribution in [0.3, 0.4) is 0 Å². The van der Waals surface area contributed by atoms with E-state index in [1.807, 2.05) is 19.1 Å². The molecule has 1 N–H and O–H groups in total. The molecule has 0 amide bonds. The van der Waals surface area contributed by atoms with E-state index >= 15 is 0 Å². The number of rotatable bonds is 2. The van der Waals surface area contributed by atoms with Gasteiger partial charge in [0.2, 0.25) is 10.0 Å².